The van der Waals surface area contributed by atoms with Gasteiger partial charge in [-0.05, 0) is 19.8 Å². The normalized spacial score (nSPS) is 11.9. The first-order valence-electron chi connectivity index (χ1n) is 7.42. The van der Waals surface area contributed by atoms with E-state index >= 15 is 0 Å². The molecule has 2 rings (SSSR count). The Morgan fingerprint density at radius 1 is 1.43 bits per heavy atom. The maximum absolute atomic E-state index is 12.2. The van der Waals surface area contributed by atoms with Gasteiger partial charge in [0, 0.05) is 36.3 Å². The van der Waals surface area contributed by atoms with Crippen LogP contribution >= 0.6 is 11.3 Å². The van der Waals surface area contributed by atoms with Gasteiger partial charge in [-0.25, -0.2) is 4.98 Å². The molecule has 0 saturated heterocycles. The molecule has 0 aliphatic carbocycles. The van der Waals surface area contributed by atoms with Gasteiger partial charge in [0.2, 0.25) is 0 Å². The Hall–Kier alpha value is -1.24. The third-order valence-electron chi connectivity index (χ3n) is 3.84. The number of aliphatic hydroxyl groups is 1. The van der Waals surface area contributed by atoms with Gasteiger partial charge in [0.1, 0.15) is 0 Å². The van der Waals surface area contributed by atoms with Crippen LogP contribution in [0.25, 0.3) is 4.96 Å². The number of aliphatic hydroxyl groups excluding tert-OH is 1. The number of thiazole rings is 1. The van der Waals surface area contributed by atoms with Gasteiger partial charge in [-0.3, -0.25) is 14.1 Å². The molecule has 0 atom stereocenters. The molecule has 21 heavy (non-hydrogen) atoms. The van der Waals surface area contributed by atoms with Crippen molar-refractivity contribution < 1.29 is 5.11 Å². The van der Waals surface area contributed by atoms with E-state index in [9.17, 15) is 9.90 Å². The molecule has 0 aliphatic heterocycles. The van der Waals surface area contributed by atoms with Crippen molar-refractivity contribution in [3.63, 3.8) is 0 Å². The first-order chi connectivity index (χ1) is 10.1. The molecule has 0 aromatic carbocycles. The summed E-state index contributed by atoms with van der Waals surface area (Å²) in [7, 11) is 0. The highest BCUT2D eigenvalue weighted by Gasteiger charge is 2.16. The average molecular weight is 309 g/mol. The van der Waals surface area contributed by atoms with Crippen LogP contribution in [0.2, 0.25) is 0 Å². The largest absolute Gasteiger partial charge is 0.395 e. The molecule has 2 aromatic rings. The Kier molecular flexibility index (Phi) is 5.50. The van der Waals surface area contributed by atoms with Gasteiger partial charge in [-0.15, -0.1) is 11.3 Å². The van der Waals surface area contributed by atoms with Crippen LogP contribution < -0.4 is 5.56 Å². The van der Waals surface area contributed by atoms with Gasteiger partial charge >= 0.3 is 0 Å². The Morgan fingerprint density at radius 3 is 2.76 bits per heavy atom. The van der Waals surface area contributed by atoms with Gasteiger partial charge in [0.25, 0.3) is 5.56 Å². The highest BCUT2D eigenvalue weighted by atomic mass is 32.1. The van der Waals surface area contributed by atoms with Crippen molar-refractivity contribution in [1.29, 1.82) is 0 Å². The summed E-state index contributed by atoms with van der Waals surface area (Å²) in [5.74, 6) is 0. The zero-order valence-corrected chi connectivity index (χ0v) is 13.7. The minimum atomic E-state index is -0.0257. The van der Waals surface area contributed by atoms with E-state index in [2.05, 4.69) is 23.7 Å². The lowest BCUT2D eigenvalue weighted by Crippen LogP contribution is -2.36. The number of fused-ring (bicyclic) bond motifs is 1. The van der Waals surface area contributed by atoms with E-state index < -0.39 is 0 Å². The molecule has 0 amide bonds. The molecule has 0 spiro atoms. The van der Waals surface area contributed by atoms with Gasteiger partial charge in [0.05, 0.1) is 12.3 Å². The fourth-order valence-corrected chi connectivity index (χ4v) is 3.60. The van der Waals surface area contributed by atoms with Gasteiger partial charge in [0.15, 0.2) is 4.96 Å². The SMILES string of the molecule is CCC(CC)N(CCO)Cc1cc(=O)n2c(C)csc2n1. The Labute approximate surface area is 128 Å². The molecule has 0 aliphatic rings. The molecular formula is C15H23N3O2S. The molecule has 116 valence electrons. The second-order valence-corrected chi connectivity index (χ2v) is 6.08. The Morgan fingerprint density at radius 2 is 2.14 bits per heavy atom. The van der Waals surface area contributed by atoms with Crippen molar-refractivity contribution >= 4 is 16.3 Å². The molecule has 2 heterocycles. The second kappa shape index (κ2) is 7.15. The third kappa shape index (κ3) is 3.51. The molecule has 0 unspecified atom stereocenters. The highest BCUT2D eigenvalue weighted by Crippen LogP contribution is 2.15. The standard InChI is InChI=1S/C15H23N3O2S/c1-4-13(5-2)17(6-7-19)9-12-8-14(20)18-11(3)10-21-15(18)16-12/h8,10,13,19H,4-7,9H2,1-3H3. The maximum atomic E-state index is 12.2. The van der Waals surface area contributed by atoms with Crippen LogP contribution in [0.1, 0.15) is 38.1 Å². The molecule has 1 N–H and O–H groups in total. The molecule has 2 aromatic heterocycles. The highest BCUT2D eigenvalue weighted by molar-refractivity contribution is 7.15. The predicted molar refractivity (Wildman–Crippen MR) is 85.9 cm³/mol. The van der Waals surface area contributed by atoms with Crippen LogP contribution in [-0.2, 0) is 6.54 Å². The zero-order chi connectivity index (χ0) is 15.4. The summed E-state index contributed by atoms with van der Waals surface area (Å²) in [6, 6.07) is 2.02. The monoisotopic (exact) mass is 309 g/mol. The maximum Gasteiger partial charge on any atom is 0.259 e. The van der Waals surface area contributed by atoms with Gasteiger partial charge < -0.3 is 5.11 Å². The first kappa shape index (κ1) is 16.1. The number of hydrogen-bond acceptors (Lipinski definition) is 5. The summed E-state index contributed by atoms with van der Waals surface area (Å²) >= 11 is 1.49. The Balaban J connectivity index is 2.30. The predicted octanol–water partition coefficient (Wildman–Crippen LogP) is 2.05. The Bertz CT molecular complexity index is 646. The van der Waals surface area contributed by atoms with Crippen molar-refractivity contribution in [1.82, 2.24) is 14.3 Å². The summed E-state index contributed by atoms with van der Waals surface area (Å²) in [5, 5.41) is 11.2. The summed E-state index contributed by atoms with van der Waals surface area (Å²) in [4.78, 5) is 19.7. The fraction of sp³-hybridized carbons (Fsp3) is 0.600. The minimum Gasteiger partial charge on any atom is -0.395 e. The lowest BCUT2D eigenvalue weighted by molar-refractivity contribution is 0.135. The van der Waals surface area contributed by atoms with Crippen molar-refractivity contribution in [2.45, 2.75) is 46.2 Å². The van der Waals surface area contributed by atoms with Crippen molar-refractivity contribution in [3.05, 3.63) is 33.2 Å². The van der Waals surface area contributed by atoms with Crippen LogP contribution in [0, 0.1) is 6.92 Å². The molecule has 0 fully saturated rings. The molecule has 0 radical (unpaired) electrons. The van der Waals surface area contributed by atoms with E-state index in [1.54, 1.807) is 10.5 Å². The summed E-state index contributed by atoms with van der Waals surface area (Å²) in [5.41, 5.74) is 1.68. The molecule has 0 bridgehead atoms. The molecule has 5 nitrogen and oxygen atoms in total. The fourth-order valence-electron chi connectivity index (χ4n) is 2.71. The number of aryl methyl sites for hydroxylation is 1. The van der Waals surface area contributed by atoms with E-state index in [1.165, 1.54) is 11.3 Å². The van der Waals surface area contributed by atoms with E-state index in [-0.39, 0.29) is 12.2 Å². The summed E-state index contributed by atoms with van der Waals surface area (Å²) < 4.78 is 1.64. The number of nitrogens with zero attached hydrogens (tertiary/aromatic N) is 3. The van der Waals surface area contributed by atoms with Gasteiger partial charge in [-0.1, -0.05) is 13.8 Å². The van der Waals surface area contributed by atoms with E-state index in [1.807, 2.05) is 12.3 Å². The van der Waals surface area contributed by atoms with Crippen LogP contribution in [0.5, 0.6) is 0 Å². The quantitative estimate of drug-likeness (QED) is 0.850. The van der Waals surface area contributed by atoms with Crippen molar-refractivity contribution in [3.8, 4) is 0 Å². The van der Waals surface area contributed by atoms with E-state index in [0.29, 0.717) is 19.1 Å². The topological polar surface area (TPSA) is 57.8 Å². The second-order valence-electron chi connectivity index (χ2n) is 5.25. The smallest absolute Gasteiger partial charge is 0.259 e. The van der Waals surface area contributed by atoms with Crippen LogP contribution in [0.4, 0.5) is 0 Å². The van der Waals surface area contributed by atoms with Crippen LogP contribution in [-0.4, -0.2) is 38.6 Å². The molecule has 0 saturated carbocycles. The van der Waals surface area contributed by atoms with Crippen molar-refractivity contribution in [2.75, 3.05) is 13.2 Å². The van der Waals surface area contributed by atoms with E-state index in [0.717, 1.165) is 29.2 Å². The summed E-state index contributed by atoms with van der Waals surface area (Å²) in [6.45, 7) is 7.54. The average Bonchev–Trinajstić information content (AvgIpc) is 2.82. The third-order valence-corrected chi connectivity index (χ3v) is 4.78. The molecule has 6 heteroatoms. The first-order valence-corrected chi connectivity index (χ1v) is 8.30. The van der Waals surface area contributed by atoms with E-state index in [4.69, 9.17) is 0 Å². The van der Waals surface area contributed by atoms with Crippen molar-refractivity contribution in [2.24, 2.45) is 0 Å². The zero-order valence-electron chi connectivity index (χ0n) is 12.9. The number of hydrogen-bond donors (Lipinski definition) is 1. The van der Waals surface area contributed by atoms with Crippen LogP contribution in [0.3, 0.4) is 0 Å². The number of rotatable bonds is 7. The summed E-state index contributed by atoms with van der Waals surface area (Å²) in [6.07, 6.45) is 2.05. The number of aromatic nitrogens is 2. The minimum absolute atomic E-state index is 0.0257. The molecular weight excluding hydrogens is 286 g/mol. The lowest BCUT2D eigenvalue weighted by Gasteiger charge is -2.29. The van der Waals surface area contributed by atoms with Gasteiger partial charge in [-0.2, -0.15) is 0 Å². The van der Waals surface area contributed by atoms with Crippen LogP contribution in [0.15, 0.2) is 16.2 Å². The lowest BCUT2D eigenvalue weighted by atomic mass is 10.1.